The Bertz CT molecular complexity index is 304. The average Bonchev–Trinajstić information content (AvgIpc) is 2.28. The predicted molar refractivity (Wildman–Crippen MR) is 46.0 cm³/mol. The molecule has 2 aliphatic rings. The van der Waals surface area contributed by atoms with Gasteiger partial charge in [0.2, 0.25) is 0 Å². The number of hydrogen-bond donors (Lipinski definition) is 0. The molecule has 0 unspecified atom stereocenters. The van der Waals surface area contributed by atoms with E-state index in [4.69, 9.17) is 0 Å². The lowest BCUT2D eigenvalue weighted by Crippen LogP contribution is -2.16. The second kappa shape index (κ2) is 2.66. The Morgan fingerprint density at radius 3 is 3.27 bits per heavy atom. The van der Waals surface area contributed by atoms with Gasteiger partial charge in [0, 0.05) is 12.2 Å². The summed E-state index contributed by atoms with van der Waals surface area (Å²) in [6, 6.07) is 0. The fourth-order valence-corrected chi connectivity index (χ4v) is 1.08. The van der Waals surface area contributed by atoms with Gasteiger partial charge in [-0.1, -0.05) is 17.1 Å². The summed E-state index contributed by atoms with van der Waals surface area (Å²) in [4.78, 5) is 4.31. The van der Waals surface area contributed by atoms with Crippen molar-refractivity contribution < 1.29 is 4.58 Å². The van der Waals surface area contributed by atoms with Crippen LogP contribution in [0.1, 0.15) is 0 Å². The minimum Gasteiger partial charge on any atom is -0.204 e. The van der Waals surface area contributed by atoms with E-state index in [0.717, 1.165) is 12.4 Å². The van der Waals surface area contributed by atoms with Gasteiger partial charge in [-0.3, -0.25) is 0 Å². The molecule has 0 aromatic rings. The molecule has 0 spiro atoms. The molecule has 2 rings (SSSR count). The average molecular weight is 145 g/mol. The molecule has 2 heteroatoms. The molecule has 11 heavy (non-hydrogen) atoms. The van der Waals surface area contributed by atoms with Gasteiger partial charge in [-0.05, 0) is 6.08 Å². The highest BCUT2D eigenvalue weighted by Crippen LogP contribution is 1.97. The lowest BCUT2D eigenvalue weighted by atomic mass is 10.4. The van der Waals surface area contributed by atoms with Gasteiger partial charge in [-0.25, -0.2) is 4.58 Å². The summed E-state index contributed by atoms with van der Waals surface area (Å²) in [6.45, 7) is 0.796. The van der Waals surface area contributed by atoms with Crippen molar-refractivity contribution in [2.75, 3.05) is 6.54 Å². The van der Waals surface area contributed by atoms with E-state index in [1.165, 1.54) is 0 Å². The van der Waals surface area contributed by atoms with E-state index in [1.807, 2.05) is 47.4 Å². The van der Waals surface area contributed by atoms with Crippen LogP contribution < -0.4 is 0 Å². The summed E-state index contributed by atoms with van der Waals surface area (Å²) in [5.74, 6) is 1.01. The zero-order valence-electron chi connectivity index (χ0n) is 6.14. The Hall–Kier alpha value is -1.44. The molecular formula is C9H9N2+. The summed E-state index contributed by atoms with van der Waals surface area (Å²) in [7, 11) is 0. The SMILES string of the molecule is C1=CC=[N+]2C=CCN=C2C=C1. The molecule has 0 fully saturated rings. The molecule has 0 aromatic heterocycles. The Morgan fingerprint density at radius 2 is 2.27 bits per heavy atom. The van der Waals surface area contributed by atoms with Crippen LogP contribution in [0, 0.1) is 0 Å². The molecule has 0 aromatic carbocycles. The maximum atomic E-state index is 4.31. The van der Waals surface area contributed by atoms with Crippen molar-refractivity contribution in [3.8, 4) is 0 Å². The van der Waals surface area contributed by atoms with E-state index in [-0.39, 0.29) is 0 Å². The van der Waals surface area contributed by atoms with Crippen LogP contribution in [-0.4, -0.2) is 23.2 Å². The summed E-state index contributed by atoms with van der Waals surface area (Å²) >= 11 is 0. The van der Waals surface area contributed by atoms with E-state index in [1.54, 1.807) is 0 Å². The number of fused-ring (bicyclic) bond motifs is 1. The zero-order valence-corrected chi connectivity index (χ0v) is 6.14. The van der Waals surface area contributed by atoms with Crippen molar-refractivity contribution in [1.82, 2.24) is 0 Å². The lowest BCUT2D eigenvalue weighted by molar-refractivity contribution is -0.318. The summed E-state index contributed by atoms with van der Waals surface area (Å²) in [5, 5.41) is 0. The van der Waals surface area contributed by atoms with E-state index < -0.39 is 0 Å². The van der Waals surface area contributed by atoms with Crippen molar-refractivity contribution in [3.63, 3.8) is 0 Å². The summed E-state index contributed by atoms with van der Waals surface area (Å²) < 4.78 is 2.00. The first-order valence-corrected chi connectivity index (χ1v) is 3.64. The van der Waals surface area contributed by atoms with E-state index >= 15 is 0 Å². The van der Waals surface area contributed by atoms with Crippen LogP contribution in [0.4, 0.5) is 0 Å². The van der Waals surface area contributed by atoms with Crippen LogP contribution in [0.25, 0.3) is 0 Å². The molecule has 2 heterocycles. The van der Waals surface area contributed by atoms with Gasteiger partial charge < -0.3 is 0 Å². The molecular weight excluding hydrogens is 136 g/mol. The predicted octanol–water partition coefficient (Wildman–Crippen LogP) is 1.12. The molecule has 0 N–H and O–H groups in total. The highest BCUT2D eigenvalue weighted by Gasteiger charge is 2.11. The van der Waals surface area contributed by atoms with Crippen molar-refractivity contribution >= 4 is 12.1 Å². The first kappa shape index (κ1) is 6.28. The number of aliphatic imine (C=N–C) groups is 1. The topological polar surface area (TPSA) is 15.4 Å². The lowest BCUT2D eigenvalue weighted by Gasteiger charge is -1.98. The van der Waals surface area contributed by atoms with Crippen LogP contribution in [0.2, 0.25) is 0 Å². The second-order valence-corrected chi connectivity index (χ2v) is 2.38. The Kier molecular flexibility index (Phi) is 1.52. The van der Waals surface area contributed by atoms with Crippen LogP contribution in [0.15, 0.2) is 41.6 Å². The van der Waals surface area contributed by atoms with Crippen molar-refractivity contribution in [3.05, 3.63) is 36.6 Å². The van der Waals surface area contributed by atoms with Crippen LogP contribution >= 0.6 is 0 Å². The first-order chi connectivity index (χ1) is 5.47. The highest BCUT2D eigenvalue weighted by molar-refractivity contribution is 5.91. The summed E-state index contributed by atoms with van der Waals surface area (Å²) in [6.07, 6.45) is 14.0. The molecule has 0 bridgehead atoms. The maximum absolute atomic E-state index is 4.31. The van der Waals surface area contributed by atoms with E-state index in [9.17, 15) is 0 Å². The number of rotatable bonds is 0. The molecule has 0 aliphatic carbocycles. The smallest absolute Gasteiger partial charge is 0.204 e. The standard InChI is InChI=1S/C9H9N2/c1-2-5-9-10-6-4-8-11(9)7-3-1/h1-5,7-8H,6H2/q+1. The Balaban J connectivity index is 2.44. The Morgan fingerprint density at radius 1 is 1.27 bits per heavy atom. The highest BCUT2D eigenvalue weighted by atomic mass is 15.1. The summed E-state index contributed by atoms with van der Waals surface area (Å²) in [5.41, 5.74) is 0. The van der Waals surface area contributed by atoms with Gasteiger partial charge in [0.15, 0.2) is 6.54 Å². The Labute approximate surface area is 65.6 Å². The maximum Gasteiger partial charge on any atom is 0.322 e. The second-order valence-electron chi connectivity index (χ2n) is 2.38. The molecule has 2 aliphatic heterocycles. The quantitative estimate of drug-likeness (QED) is 0.454. The van der Waals surface area contributed by atoms with Gasteiger partial charge in [0.05, 0.1) is 12.4 Å². The van der Waals surface area contributed by atoms with Gasteiger partial charge in [0.25, 0.3) is 0 Å². The number of hydrogen-bond acceptors (Lipinski definition) is 1. The number of allylic oxidation sites excluding steroid dienone is 3. The minimum absolute atomic E-state index is 0.796. The normalized spacial score (nSPS) is 20.4. The van der Waals surface area contributed by atoms with Gasteiger partial charge in [0.1, 0.15) is 0 Å². The van der Waals surface area contributed by atoms with Crippen molar-refractivity contribution in [2.24, 2.45) is 4.99 Å². The van der Waals surface area contributed by atoms with E-state index in [2.05, 4.69) is 4.99 Å². The molecule has 0 saturated heterocycles. The van der Waals surface area contributed by atoms with Crippen LogP contribution in [0.5, 0.6) is 0 Å². The monoisotopic (exact) mass is 145 g/mol. The van der Waals surface area contributed by atoms with Crippen LogP contribution in [0.3, 0.4) is 0 Å². The van der Waals surface area contributed by atoms with E-state index in [0.29, 0.717) is 0 Å². The molecule has 0 saturated carbocycles. The van der Waals surface area contributed by atoms with Crippen molar-refractivity contribution in [1.29, 1.82) is 0 Å². The van der Waals surface area contributed by atoms with Gasteiger partial charge in [-0.15, -0.1) is 0 Å². The molecule has 0 atom stereocenters. The molecule has 0 amide bonds. The minimum atomic E-state index is 0.796. The third kappa shape index (κ3) is 1.19. The number of nitrogens with zero attached hydrogens (tertiary/aromatic N) is 2. The van der Waals surface area contributed by atoms with Gasteiger partial charge >= 0.3 is 5.84 Å². The first-order valence-electron chi connectivity index (χ1n) is 3.64. The van der Waals surface area contributed by atoms with Gasteiger partial charge in [-0.2, -0.15) is 0 Å². The van der Waals surface area contributed by atoms with Crippen LogP contribution in [-0.2, 0) is 0 Å². The molecule has 54 valence electrons. The zero-order chi connectivity index (χ0) is 7.52. The fourth-order valence-electron chi connectivity index (χ4n) is 1.08. The molecule has 0 radical (unpaired) electrons. The fraction of sp³-hybridized carbons (Fsp3) is 0.111. The van der Waals surface area contributed by atoms with Crippen molar-refractivity contribution in [2.45, 2.75) is 0 Å². The third-order valence-corrected chi connectivity index (χ3v) is 1.60. The third-order valence-electron chi connectivity index (χ3n) is 1.60. The number of amidine groups is 1. The molecule has 2 nitrogen and oxygen atoms in total. The largest absolute Gasteiger partial charge is 0.322 e.